The topological polar surface area (TPSA) is 130 Å². The van der Waals surface area contributed by atoms with E-state index in [2.05, 4.69) is 19.1 Å². The van der Waals surface area contributed by atoms with Crippen LogP contribution in [0.25, 0.3) is 0 Å². The van der Waals surface area contributed by atoms with Gasteiger partial charge in [-0.2, -0.15) is 0 Å². The maximum Gasteiger partial charge on any atom is 0.329 e. The molecule has 0 saturated carbocycles. The number of hydrogen-bond acceptors (Lipinski definition) is 11. The molecule has 12 heteroatoms. The average Bonchev–Trinajstić information content (AvgIpc) is 3.06. The quantitative estimate of drug-likeness (QED) is 0.103. The first-order valence-electron chi connectivity index (χ1n) is 16.9. The number of rotatable bonds is 37. The van der Waals surface area contributed by atoms with Crippen LogP contribution >= 0.6 is 0 Å². The van der Waals surface area contributed by atoms with E-state index >= 15 is 0 Å². The van der Waals surface area contributed by atoms with Crippen molar-refractivity contribution in [2.24, 2.45) is 0 Å². The van der Waals surface area contributed by atoms with Gasteiger partial charge in [0.1, 0.15) is 19.0 Å². The monoisotopic (exact) mass is 660 g/mol. The first kappa shape index (κ1) is 42.2. The number of carboxylic acid groups (broad SMARTS) is 1. The van der Waals surface area contributed by atoms with Crippen molar-refractivity contribution in [3.8, 4) is 5.75 Å². The Morgan fingerprint density at radius 3 is 1.22 bits per heavy atom. The van der Waals surface area contributed by atoms with Gasteiger partial charge in [0.05, 0.1) is 112 Å². The highest BCUT2D eigenvalue weighted by Crippen LogP contribution is 2.15. The standard InChI is InChI=1S/C34H60O12/c1-2-3-4-5-6-7-8-32-9-11-33(12-10-32)46-30-29-44-26-25-42-22-21-40-18-17-38-14-13-37-15-16-39-19-20-41-23-24-43-27-28-45-31-34(35)36/h9-12H,2-8,13-31H2,1H3,(H,35,36). The van der Waals surface area contributed by atoms with Gasteiger partial charge in [-0.05, 0) is 30.5 Å². The predicted molar refractivity (Wildman–Crippen MR) is 174 cm³/mol. The van der Waals surface area contributed by atoms with E-state index in [1.54, 1.807) is 0 Å². The van der Waals surface area contributed by atoms with Crippen LogP contribution in [0, 0.1) is 0 Å². The Labute approximate surface area is 276 Å². The summed E-state index contributed by atoms with van der Waals surface area (Å²) in [5.74, 6) is -0.113. The number of carboxylic acids is 1. The first-order valence-corrected chi connectivity index (χ1v) is 16.9. The van der Waals surface area contributed by atoms with Crippen LogP contribution in [0.2, 0.25) is 0 Å². The van der Waals surface area contributed by atoms with Crippen LogP contribution in [0.15, 0.2) is 24.3 Å². The number of ether oxygens (including phenoxy) is 10. The molecule has 0 aromatic heterocycles. The molecule has 0 spiro atoms. The molecule has 0 aliphatic carbocycles. The maximum absolute atomic E-state index is 10.3. The van der Waals surface area contributed by atoms with E-state index in [9.17, 15) is 4.79 Å². The second-order valence-electron chi connectivity index (χ2n) is 10.4. The lowest BCUT2D eigenvalue weighted by molar-refractivity contribution is -0.142. The van der Waals surface area contributed by atoms with Gasteiger partial charge < -0.3 is 52.5 Å². The van der Waals surface area contributed by atoms with Gasteiger partial charge in [0.25, 0.3) is 0 Å². The summed E-state index contributed by atoms with van der Waals surface area (Å²) < 4.78 is 54.2. The molecular weight excluding hydrogens is 600 g/mol. The Bertz CT molecular complexity index is 765. The van der Waals surface area contributed by atoms with E-state index in [0.29, 0.717) is 112 Å². The van der Waals surface area contributed by atoms with Gasteiger partial charge in [-0.1, -0.05) is 51.2 Å². The minimum Gasteiger partial charge on any atom is -0.491 e. The normalized spacial score (nSPS) is 11.3. The summed E-state index contributed by atoms with van der Waals surface area (Å²) in [5.41, 5.74) is 1.37. The number of aliphatic carboxylic acids is 1. The zero-order valence-corrected chi connectivity index (χ0v) is 28.1. The van der Waals surface area contributed by atoms with Gasteiger partial charge in [0.2, 0.25) is 0 Å². The fraction of sp³-hybridized carbons (Fsp3) is 0.794. The molecule has 0 bridgehead atoms. The van der Waals surface area contributed by atoms with E-state index in [4.69, 9.17) is 52.5 Å². The third-order valence-electron chi connectivity index (χ3n) is 6.44. The highest BCUT2D eigenvalue weighted by molar-refractivity contribution is 5.67. The molecule has 0 atom stereocenters. The Morgan fingerprint density at radius 2 is 0.826 bits per heavy atom. The van der Waals surface area contributed by atoms with E-state index in [-0.39, 0.29) is 13.2 Å². The summed E-state index contributed by atoms with van der Waals surface area (Å²) in [6, 6.07) is 8.41. The van der Waals surface area contributed by atoms with Crippen LogP contribution in [0.5, 0.6) is 5.75 Å². The molecule has 1 N–H and O–H groups in total. The molecule has 0 unspecified atom stereocenters. The van der Waals surface area contributed by atoms with Gasteiger partial charge in [0.15, 0.2) is 0 Å². The van der Waals surface area contributed by atoms with Crippen molar-refractivity contribution in [2.75, 3.05) is 126 Å². The van der Waals surface area contributed by atoms with Crippen LogP contribution in [0.3, 0.4) is 0 Å². The summed E-state index contributed by atoms with van der Waals surface area (Å²) >= 11 is 0. The van der Waals surface area contributed by atoms with Gasteiger partial charge in [-0.15, -0.1) is 0 Å². The molecule has 0 aliphatic heterocycles. The second kappa shape index (κ2) is 34.5. The highest BCUT2D eigenvalue weighted by atomic mass is 16.6. The molecule has 46 heavy (non-hydrogen) atoms. The van der Waals surface area contributed by atoms with Crippen LogP contribution in [-0.2, 0) is 53.8 Å². The van der Waals surface area contributed by atoms with E-state index in [1.165, 1.54) is 44.1 Å². The van der Waals surface area contributed by atoms with Crippen LogP contribution < -0.4 is 4.74 Å². The Hall–Kier alpha value is -1.87. The van der Waals surface area contributed by atoms with E-state index in [0.717, 1.165) is 12.2 Å². The van der Waals surface area contributed by atoms with Gasteiger partial charge >= 0.3 is 5.97 Å². The lowest BCUT2D eigenvalue weighted by Gasteiger charge is -2.09. The number of aryl methyl sites for hydroxylation is 1. The fourth-order valence-electron chi connectivity index (χ4n) is 4.00. The minimum atomic E-state index is -0.993. The van der Waals surface area contributed by atoms with Gasteiger partial charge in [0, 0.05) is 0 Å². The lowest BCUT2D eigenvalue weighted by Crippen LogP contribution is -2.15. The molecule has 0 saturated heterocycles. The van der Waals surface area contributed by atoms with Crippen LogP contribution in [-0.4, -0.2) is 137 Å². The number of carbonyl (C=O) groups is 1. The molecule has 0 fully saturated rings. The molecule has 0 radical (unpaired) electrons. The van der Waals surface area contributed by atoms with Crippen molar-refractivity contribution in [1.82, 2.24) is 0 Å². The molecule has 0 aliphatic rings. The molecular formula is C34H60O12. The molecule has 1 aromatic carbocycles. The van der Waals surface area contributed by atoms with Crippen molar-refractivity contribution < 1.29 is 57.3 Å². The third kappa shape index (κ3) is 30.8. The molecule has 0 heterocycles. The molecule has 1 rings (SSSR count). The largest absolute Gasteiger partial charge is 0.491 e. The molecule has 1 aromatic rings. The summed E-state index contributed by atoms with van der Waals surface area (Å²) in [6.07, 6.45) is 9.06. The van der Waals surface area contributed by atoms with E-state index in [1.807, 2.05) is 12.1 Å². The van der Waals surface area contributed by atoms with Crippen molar-refractivity contribution in [3.05, 3.63) is 29.8 Å². The van der Waals surface area contributed by atoms with Crippen molar-refractivity contribution in [2.45, 2.75) is 51.9 Å². The SMILES string of the molecule is CCCCCCCCc1ccc(OCCOCCOCCOCCOCCOCCOCCOCCOCCOCC(=O)O)cc1. The summed E-state index contributed by atoms with van der Waals surface area (Å²) in [7, 11) is 0. The minimum absolute atomic E-state index is 0.244. The zero-order valence-electron chi connectivity index (χ0n) is 28.1. The number of hydrogen-bond donors (Lipinski definition) is 1. The summed E-state index contributed by atoms with van der Waals surface area (Å²) in [5, 5.41) is 8.43. The molecule has 12 nitrogen and oxygen atoms in total. The Morgan fingerprint density at radius 1 is 0.478 bits per heavy atom. The lowest BCUT2D eigenvalue weighted by atomic mass is 10.0. The van der Waals surface area contributed by atoms with Crippen molar-refractivity contribution in [1.29, 1.82) is 0 Å². The Balaban J connectivity index is 1.71. The van der Waals surface area contributed by atoms with E-state index < -0.39 is 5.97 Å². The smallest absolute Gasteiger partial charge is 0.329 e. The summed E-state index contributed by atoms with van der Waals surface area (Å²) in [4.78, 5) is 10.3. The zero-order chi connectivity index (χ0) is 33.0. The van der Waals surface area contributed by atoms with Crippen molar-refractivity contribution >= 4 is 5.97 Å². The van der Waals surface area contributed by atoms with Crippen LogP contribution in [0.1, 0.15) is 51.0 Å². The number of unbranched alkanes of at least 4 members (excludes halogenated alkanes) is 5. The second-order valence-corrected chi connectivity index (χ2v) is 10.4. The third-order valence-corrected chi connectivity index (χ3v) is 6.44. The van der Waals surface area contributed by atoms with Gasteiger partial charge in [-0.3, -0.25) is 0 Å². The first-order chi connectivity index (χ1) is 22.7. The van der Waals surface area contributed by atoms with Gasteiger partial charge in [-0.25, -0.2) is 4.79 Å². The highest BCUT2D eigenvalue weighted by Gasteiger charge is 1.99. The predicted octanol–water partition coefficient (Wildman–Crippen LogP) is 4.20. The average molecular weight is 661 g/mol. The number of benzene rings is 1. The molecule has 0 amide bonds. The Kier molecular flexibility index (Phi) is 31.6. The maximum atomic E-state index is 10.3. The summed E-state index contributed by atoms with van der Waals surface area (Å²) in [6.45, 7) is 10.4. The van der Waals surface area contributed by atoms with Crippen molar-refractivity contribution in [3.63, 3.8) is 0 Å². The van der Waals surface area contributed by atoms with Crippen LogP contribution in [0.4, 0.5) is 0 Å². The molecule has 268 valence electrons. The fourth-order valence-corrected chi connectivity index (χ4v) is 4.00.